The Hall–Kier alpha value is -1.69. The molecule has 0 saturated carbocycles. The molecule has 0 spiro atoms. The highest BCUT2D eigenvalue weighted by atomic mass is 35.5. The van der Waals surface area contributed by atoms with Crippen LogP contribution < -0.4 is 0 Å². The zero-order chi connectivity index (χ0) is 16.2. The van der Waals surface area contributed by atoms with E-state index >= 15 is 0 Å². The Labute approximate surface area is 144 Å². The molecule has 0 N–H and O–H groups in total. The van der Waals surface area contributed by atoms with Crippen molar-refractivity contribution in [2.45, 2.75) is 13.0 Å². The SMILES string of the molecule is Cc1nc(/C=C/C(=O)N2CCO[C@H](c3ccc(Cl)cc3)C2)cs1. The number of amides is 1. The van der Waals surface area contributed by atoms with Crippen molar-refractivity contribution in [3.8, 4) is 0 Å². The third kappa shape index (κ3) is 4.19. The Bertz CT molecular complexity index is 712. The molecule has 120 valence electrons. The van der Waals surface area contributed by atoms with Crippen LogP contribution >= 0.6 is 22.9 Å². The van der Waals surface area contributed by atoms with Gasteiger partial charge >= 0.3 is 0 Å². The van der Waals surface area contributed by atoms with E-state index in [0.717, 1.165) is 16.3 Å². The van der Waals surface area contributed by atoms with Crippen molar-refractivity contribution in [3.05, 3.63) is 57.0 Å². The van der Waals surface area contributed by atoms with Crippen LogP contribution in [0.1, 0.15) is 22.4 Å². The van der Waals surface area contributed by atoms with Crippen LogP contribution in [0.5, 0.6) is 0 Å². The fourth-order valence-electron chi connectivity index (χ4n) is 2.45. The standard InChI is InChI=1S/C17H17ClN2O2S/c1-12-19-15(11-23-12)6-7-17(21)20-8-9-22-16(10-20)13-2-4-14(18)5-3-13/h2-7,11,16H,8-10H2,1H3/b7-6+/t16-/m0/s1. The molecule has 1 amide bonds. The van der Waals surface area contributed by atoms with Crippen LogP contribution in [0, 0.1) is 6.92 Å². The molecule has 1 aromatic heterocycles. The number of benzene rings is 1. The average Bonchev–Trinajstić information content (AvgIpc) is 2.99. The Morgan fingerprint density at radius 3 is 2.91 bits per heavy atom. The van der Waals surface area contributed by atoms with Crippen molar-refractivity contribution >= 4 is 34.9 Å². The van der Waals surface area contributed by atoms with Crippen LogP contribution in [0.3, 0.4) is 0 Å². The summed E-state index contributed by atoms with van der Waals surface area (Å²) in [4.78, 5) is 18.5. The lowest BCUT2D eigenvalue weighted by Crippen LogP contribution is -2.41. The monoisotopic (exact) mass is 348 g/mol. The zero-order valence-corrected chi connectivity index (χ0v) is 14.3. The van der Waals surface area contributed by atoms with Gasteiger partial charge in [0.25, 0.3) is 0 Å². The Balaban J connectivity index is 1.64. The van der Waals surface area contributed by atoms with Gasteiger partial charge in [0.1, 0.15) is 6.10 Å². The quantitative estimate of drug-likeness (QED) is 0.794. The third-order valence-electron chi connectivity index (χ3n) is 3.65. The highest BCUT2D eigenvalue weighted by Crippen LogP contribution is 2.24. The number of thiazole rings is 1. The summed E-state index contributed by atoms with van der Waals surface area (Å²) in [5.74, 6) is -0.0158. The number of rotatable bonds is 3. The van der Waals surface area contributed by atoms with Crippen molar-refractivity contribution in [2.24, 2.45) is 0 Å². The lowest BCUT2D eigenvalue weighted by Gasteiger charge is -2.32. The number of carbonyl (C=O) groups excluding carboxylic acids is 1. The summed E-state index contributed by atoms with van der Waals surface area (Å²) in [5, 5.41) is 3.62. The number of hydrogen-bond acceptors (Lipinski definition) is 4. The van der Waals surface area contributed by atoms with Gasteiger partial charge in [0.2, 0.25) is 5.91 Å². The number of ether oxygens (including phenoxy) is 1. The topological polar surface area (TPSA) is 42.4 Å². The Kier molecular flexibility index (Phi) is 5.10. The molecule has 0 radical (unpaired) electrons. The van der Waals surface area contributed by atoms with Crippen molar-refractivity contribution in [1.82, 2.24) is 9.88 Å². The van der Waals surface area contributed by atoms with Gasteiger partial charge in [0.15, 0.2) is 0 Å². The molecule has 2 aromatic rings. The zero-order valence-electron chi connectivity index (χ0n) is 12.7. The molecule has 2 heterocycles. The summed E-state index contributed by atoms with van der Waals surface area (Å²) >= 11 is 7.48. The van der Waals surface area contributed by atoms with E-state index in [4.69, 9.17) is 16.3 Å². The van der Waals surface area contributed by atoms with Crippen LogP contribution in [0.4, 0.5) is 0 Å². The second kappa shape index (κ2) is 7.25. The fourth-order valence-corrected chi connectivity index (χ4v) is 3.15. The maximum absolute atomic E-state index is 12.3. The number of aryl methyl sites for hydroxylation is 1. The highest BCUT2D eigenvalue weighted by Gasteiger charge is 2.24. The molecule has 1 atom stereocenters. The van der Waals surface area contributed by atoms with Crippen LogP contribution in [0.15, 0.2) is 35.7 Å². The number of aromatic nitrogens is 1. The molecular weight excluding hydrogens is 332 g/mol. The van der Waals surface area contributed by atoms with E-state index in [0.29, 0.717) is 24.7 Å². The largest absolute Gasteiger partial charge is 0.370 e. The summed E-state index contributed by atoms with van der Waals surface area (Å²) in [7, 11) is 0. The molecule has 0 bridgehead atoms. The number of morpholine rings is 1. The minimum atomic E-state index is -0.111. The fraction of sp³-hybridized carbons (Fsp3) is 0.294. The van der Waals surface area contributed by atoms with Crippen LogP contribution in [0.2, 0.25) is 5.02 Å². The average molecular weight is 349 g/mol. The molecule has 0 aliphatic carbocycles. The van der Waals surface area contributed by atoms with E-state index in [-0.39, 0.29) is 12.0 Å². The number of carbonyl (C=O) groups is 1. The summed E-state index contributed by atoms with van der Waals surface area (Å²) in [6.45, 7) is 3.62. The minimum absolute atomic E-state index is 0.0158. The molecule has 0 unspecified atom stereocenters. The Morgan fingerprint density at radius 1 is 1.43 bits per heavy atom. The molecule has 23 heavy (non-hydrogen) atoms. The summed E-state index contributed by atoms with van der Waals surface area (Å²) in [5.41, 5.74) is 1.86. The predicted octanol–water partition coefficient (Wildman–Crippen LogP) is 3.72. The number of hydrogen-bond donors (Lipinski definition) is 0. The van der Waals surface area contributed by atoms with E-state index < -0.39 is 0 Å². The first-order chi connectivity index (χ1) is 11.1. The third-order valence-corrected chi connectivity index (χ3v) is 4.70. The van der Waals surface area contributed by atoms with Gasteiger partial charge in [-0.2, -0.15) is 0 Å². The van der Waals surface area contributed by atoms with Crippen molar-refractivity contribution in [3.63, 3.8) is 0 Å². The van der Waals surface area contributed by atoms with Crippen LogP contribution in [-0.4, -0.2) is 35.5 Å². The van der Waals surface area contributed by atoms with E-state index in [1.807, 2.05) is 36.6 Å². The summed E-state index contributed by atoms with van der Waals surface area (Å²) < 4.78 is 5.78. The lowest BCUT2D eigenvalue weighted by atomic mass is 10.1. The smallest absolute Gasteiger partial charge is 0.246 e. The summed E-state index contributed by atoms with van der Waals surface area (Å²) in [6, 6.07) is 7.56. The first-order valence-electron chi connectivity index (χ1n) is 7.38. The molecule has 1 aliphatic heterocycles. The minimum Gasteiger partial charge on any atom is -0.370 e. The predicted molar refractivity (Wildman–Crippen MR) is 92.6 cm³/mol. The number of nitrogens with zero attached hydrogens (tertiary/aromatic N) is 2. The van der Waals surface area contributed by atoms with Crippen LogP contribution in [-0.2, 0) is 9.53 Å². The summed E-state index contributed by atoms with van der Waals surface area (Å²) in [6.07, 6.45) is 3.23. The molecule has 6 heteroatoms. The second-order valence-corrected chi connectivity index (χ2v) is 6.82. The van der Waals surface area contributed by atoms with E-state index in [9.17, 15) is 4.79 Å². The van der Waals surface area contributed by atoms with Gasteiger partial charge in [0.05, 0.1) is 23.9 Å². The second-order valence-electron chi connectivity index (χ2n) is 5.32. The van der Waals surface area contributed by atoms with E-state index in [1.54, 1.807) is 28.4 Å². The first kappa shape index (κ1) is 16.2. The van der Waals surface area contributed by atoms with Gasteiger partial charge < -0.3 is 9.64 Å². The molecular formula is C17H17ClN2O2S. The molecule has 3 rings (SSSR count). The molecule has 1 fully saturated rings. The molecule has 4 nitrogen and oxygen atoms in total. The van der Waals surface area contributed by atoms with Crippen molar-refractivity contribution in [2.75, 3.05) is 19.7 Å². The normalized spacial score (nSPS) is 18.5. The van der Waals surface area contributed by atoms with E-state index in [2.05, 4.69) is 4.98 Å². The van der Waals surface area contributed by atoms with Gasteiger partial charge in [-0.25, -0.2) is 4.98 Å². The molecule has 1 aliphatic rings. The van der Waals surface area contributed by atoms with Crippen molar-refractivity contribution in [1.29, 1.82) is 0 Å². The van der Waals surface area contributed by atoms with E-state index in [1.165, 1.54) is 0 Å². The Morgan fingerprint density at radius 2 is 2.22 bits per heavy atom. The highest BCUT2D eigenvalue weighted by molar-refractivity contribution is 7.09. The molecule has 1 aromatic carbocycles. The van der Waals surface area contributed by atoms with Crippen molar-refractivity contribution < 1.29 is 9.53 Å². The van der Waals surface area contributed by atoms with Gasteiger partial charge in [0, 0.05) is 23.0 Å². The molecule has 1 saturated heterocycles. The van der Waals surface area contributed by atoms with Crippen LogP contribution in [0.25, 0.3) is 6.08 Å². The van der Waals surface area contributed by atoms with Gasteiger partial charge in [-0.15, -0.1) is 11.3 Å². The first-order valence-corrected chi connectivity index (χ1v) is 8.64. The van der Waals surface area contributed by atoms with Gasteiger partial charge in [-0.3, -0.25) is 4.79 Å². The van der Waals surface area contributed by atoms with Gasteiger partial charge in [-0.1, -0.05) is 23.7 Å². The maximum atomic E-state index is 12.3. The number of halogens is 1. The lowest BCUT2D eigenvalue weighted by molar-refractivity contribution is -0.133. The maximum Gasteiger partial charge on any atom is 0.246 e. The van der Waals surface area contributed by atoms with Gasteiger partial charge in [-0.05, 0) is 30.7 Å².